The summed E-state index contributed by atoms with van der Waals surface area (Å²) in [6, 6.07) is -0.710. The number of nitrogens with zero attached hydrogens (tertiary/aromatic N) is 2. The second-order valence-electron chi connectivity index (χ2n) is 3.05. The van der Waals surface area contributed by atoms with E-state index in [1.807, 2.05) is 0 Å². The lowest BCUT2D eigenvalue weighted by Gasteiger charge is -2.13. The predicted molar refractivity (Wildman–Crippen MR) is 56.6 cm³/mol. The number of aliphatic carboxylic acids is 1. The molecule has 1 atom stereocenters. The van der Waals surface area contributed by atoms with Crippen molar-refractivity contribution in [3.05, 3.63) is 30.7 Å². The number of hydrogen-bond donors (Lipinski definition) is 2. The van der Waals surface area contributed by atoms with Crippen LogP contribution >= 0.6 is 0 Å². The maximum Gasteiger partial charge on any atom is 0.326 e. The summed E-state index contributed by atoms with van der Waals surface area (Å²) in [4.78, 5) is 18.9. The SMILES string of the molecule is C=CCC(Nc1nccnc1C)C(=O)O. The van der Waals surface area contributed by atoms with Crippen molar-refractivity contribution in [2.24, 2.45) is 0 Å². The molecule has 15 heavy (non-hydrogen) atoms. The molecule has 1 rings (SSSR count). The Hall–Kier alpha value is -1.91. The molecule has 0 bridgehead atoms. The average Bonchev–Trinajstić information content (AvgIpc) is 2.20. The monoisotopic (exact) mass is 207 g/mol. The molecule has 2 N–H and O–H groups in total. The van der Waals surface area contributed by atoms with Crippen LogP contribution in [0.2, 0.25) is 0 Å². The Labute approximate surface area is 87.9 Å². The summed E-state index contributed by atoms with van der Waals surface area (Å²) in [6.07, 6.45) is 4.97. The third kappa shape index (κ3) is 3.05. The first kappa shape index (κ1) is 11.2. The maximum absolute atomic E-state index is 10.8. The number of carboxylic acids is 1. The van der Waals surface area contributed by atoms with E-state index in [-0.39, 0.29) is 0 Å². The average molecular weight is 207 g/mol. The minimum absolute atomic E-state index is 0.339. The first-order valence-electron chi connectivity index (χ1n) is 4.53. The second-order valence-corrected chi connectivity index (χ2v) is 3.05. The van der Waals surface area contributed by atoms with Crippen LogP contribution < -0.4 is 5.32 Å². The van der Waals surface area contributed by atoms with Crippen molar-refractivity contribution in [2.75, 3.05) is 5.32 Å². The molecule has 0 amide bonds. The van der Waals surface area contributed by atoms with Gasteiger partial charge < -0.3 is 10.4 Å². The van der Waals surface area contributed by atoms with Gasteiger partial charge in [-0.05, 0) is 13.3 Å². The maximum atomic E-state index is 10.8. The highest BCUT2D eigenvalue weighted by molar-refractivity contribution is 5.77. The van der Waals surface area contributed by atoms with Crippen LogP contribution in [0.25, 0.3) is 0 Å². The largest absolute Gasteiger partial charge is 0.480 e. The van der Waals surface area contributed by atoms with Crippen molar-refractivity contribution in [3.63, 3.8) is 0 Å². The fourth-order valence-corrected chi connectivity index (χ4v) is 1.10. The van der Waals surface area contributed by atoms with Gasteiger partial charge >= 0.3 is 5.97 Å². The Bertz CT molecular complexity index is 365. The van der Waals surface area contributed by atoms with E-state index in [9.17, 15) is 4.79 Å². The molecule has 1 aromatic heterocycles. The molecule has 0 aliphatic heterocycles. The summed E-state index contributed by atoms with van der Waals surface area (Å²) in [6.45, 7) is 5.27. The normalized spacial score (nSPS) is 11.8. The zero-order valence-electron chi connectivity index (χ0n) is 8.47. The highest BCUT2D eigenvalue weighted by Gasteiger charge is 2.16. The Balaban J connectivity index is 2.78. The summed E-state index contributed by atoms with van der Waals surface area (Å²) in [7, 11) is 0. The molecule has 0 radical (unpaired) electrons. The molecule has 1 heterocycles. The zero-order chi connectivity index (χ0) is 11.3. The number of aromatic nitrogens is 2. The lowest BCUT2D eigenvalue weighted by Crippen LogP contribution is -2.29. The van der Waals surface area contributed by atoms with Gasteiger partial charge in [-0.3, -0.25) is 4.98 Å². The number of carbonyl (C=O) groups is 1. The molecule has 0 fully saturated rings. The van der Waals surface area contributed by atoms with E-state index in [1.165, 1.54) is 6.20 Å². The fraction of sp³-hybridized carbons (Fsp3) is 0.300. The van der Waals surface area contributed by atoms with Crippen LogP contribution in [0.5, 0.6) is 0 Å². The highest BCUT2D eigenvalue weighted by Crippen LogP contribution is 2.09. The summed E-state index contributed by atoms with van der Waals surface area (Å²) in [5.74, 6) is -0.438. The summed E-state index contributed by atoms with van der Waals surface area (Å²) in [5, 5.41) is 11.7. The number of aryl methyl sites for hydroxylation is 1. The lowest BCUT2D eigenvalue weighted by atomic mass is 10.2. The first-order chi connectivity index (χ1) is 7.15. The third-order valence-electron chi connectivity index (χ3n) is 1.89. The van der Waals surface area contributed by atoms with Gasteiger partial charge in [-0.2, -0.15) is 0 Å². The van der Waals surface area contributed by atoms with Gasteiger partial charge in [-0.25, -0.2) is 9.78 Å². The summed E-state index contributed by atoms with van der Waals surface area (Å²) >= 11 is 0. The molecule has 0 aliphatic rings. The molecule has 5 nitrogen and oxygen atoms in total. The Morgan fingerprint density at radius 1 is 1.67 bits per heavy atom. The standard InChI is InChI=1S/C10H13N3O2/c1-3-4-8(10(14)15)13-9-7(2)11-5-6-12-9/h3,5-6,8H,1,4H2,2H3,(H,12,13)(H,14,15). The molecule has 80 valence electrons. The van der Waals surface area contributed by atoms with Crippen LogP contribution in [0.4, 0.5) is 5.82 Å². The van der Waals surface area contributed by atoms with Gasteiger partial charge in [0, 0.05) is 12.4 Å². The van der Waals surface area contributed by atoms with E-state index in [4.69, 9.17) is 5.11 Å². The van der Waals surface area contributed by atoms with Crippen molar-refractivity contribution < 1.29 is 9.90 Å². The van der Waals surface area contributed by atoms with Crippen LogP contribution in [0.15, 0.2) is 25.0 Å². The van der Waals surface area contributed by atoms with Gasteiger partial charge in [0.1, 0.15) is 11.9 Å². The molecular formula is C10H13N3O2. The van der Waals surface area contributed by atoms with Crippen LogP contribution in [-0.2, 0) is 4.79 Å². The van der Waals surface area contributed by atoms with Crippen molar-refractivity contribution in [1.29, 1.82) is 0 Å². The minimum Gasteiger partial charge on any atom is -0.480 e. The number of rotatable bonds is 5. The van der Waals surface area contributed by atoms with Crippen LogP contribution in [0.3, 0.4) is 0 Å². The van der Waals surface area contributed by atoms with Gasteiger partial charge in [0.15, 0.2) is 0 Å². The number of carboxylic acid groups (broad SMARTS) is 1. The van der Waals surface area contributed by atoms with Crippen LogP contribution in [-0.4, -0.2) is 27.1 Å². The predicted octanol–water partition coefficient (Wildman–Crippen LogP) is 1.23. The smallest absolute Gasteiger partial charge is 0.326 e. The zero-order valence-corrected chi connectivity index (χ0v) is 8.47. The van der Waals surface area contributed by atoms with Gasteiger partial charge in [0.2, 0.25) is 0 Å². The van der Waals surface area contributed by atoms with Crippen molar-refractivity contribution >= 4 is 11.8 Å². The second kappa shape index (κ2) is 5.09. The van der Waals surface area contributed by atoms with E-state index in [0.29, 0.717) is 17.9 Å². The highest BCUT2D eigenvalue weighted by atomic mass is 16.4. The van der Waals surface area contributed by atoms with Gasteiger partial charge in [-0.15, -0.1) is 6.58 Å². The van der Waals surface area contributed by atoms with Crippen LogP contribution in [0, 0.1) is 6.92 Å². The number of anilines is 1. The molecule has 0 spiro atoms. The van der Waals surface area contributed by atoms with Crippen molar-refractivity contribution in [2.45, 2.75) is 19.4 Å². The minimum atomic E-state index is -0.931. The molecule has 1 unspecified atom stereocenters. The van der Waals surface area contributed by atoms with E-state index in [2.05, 4.69) is 21.9 Å². The van der Waals surface area contributed by atoms with E-state index < -0.39 is 12.0 Å². The van der Waals surface area contributed by atoms with E-state index in [1.54, 1.807) is 19.2 Å². The molecule has 0 aromatic carbocycles. The third-order valence-corrected chi connectivity index (χ3v) is 1.89. The molecular weight excluding hydrogens is 194 g/mol. The number of hydrogen-bond acceptors (Lipinski definition) is 4. The summed E-state index contributed by atoms with van der Waals surface area (Å²) < 4.78 is 0. The summed E-state index contributed by atoms with van der Waals surface area (Å²) in [5.41, 5.74) is 0.674. The van der Waals surface area contributed by atoms with Gasteiger partial charge in [0.25, 0.3) is 0 Å². The number of nitrogens with one attached hydrogen (secondary N) is 1. The topological polar surface area (TPSA) is 75.1 Å². The molecule has 1 aromatic rings. The van der Waals surface area contributed by atoms with E-state index in [0.717, 1.165) is 0 Å². The lowest BCUT2D eigenvalue weighted by molar-refractivity contribution is -0.137. The fourth-order valence-electron chi connectivity index (χ4n) is 1.10. The molecule has 0 saturated carbocycles. The van der Waals surface area contributed by atoms with Gasteiger partial charge in [0.05, 0.1) is 5.69 Å². The quantitative estimate of drug-likeness (QED) is 0.710. The Kier molecular flexibility index (Phi) is 3.79. The van der Waals surface area contributed by atoms with E-state index >= 15 is 0 Å². The molecule has 5 heteroatoms. The molecule has 0 saturated heterocycles. The van der Waals surface area contributed by atoms with Crippen molar-refractivity contribution in [1.82, 2.24) is 9.97 Å². The van der Waals surface area contributed by atoms with Gasteiger partial charge in [-0.1, -0.05) is 6.08 Å². The van der Waals surface area contributed by atoms with Crippen LogP contribution in [0.1, 0.15) is 12.1 Å². The molecule has 0 aliphatic carbocycles. The Morgan fingerprint density at radius 3 is 2.87 bits per heavy atom. The Morgan fingerprint density at radius 2 is 2.33 bits per heavy atom. The first-order valence-corrected chi connectivity index (χ1v) is 4.53. The van der Waals surface area contributed by atoms with Crippen molar-refractivity contribution in [3.8, 4) is 0 Å².